The largest absolute Gasteiger partial charge is 0.383 e. The Hall–Kier alpha value is -2.35. The summed E-state index contributed by atoms with van der Waals surface area (Å²) in [7, 11) is 0. The monoisotopic (exact) mass is 269 g/mol. The third kappa shape index (κ3) is 3.58. The summed E-state index contributed by atoms with van der Waals surface area (Å²) in [6, 6.07) is 10.2. The van der Waals surface area contributed by atoms with Crippen LogP contribution in [0.5, 0.6) is 0 Å². The number of para-hydroxylation sites is 2. The molecule has 1 aromatic carbocycles. The van der Waals surface area contributed by atoms with Crippen molar-refractivity contribution in [1.82, 2.24) is 14.8 Å². The molecule has 0 fully saturated rings. The van der Waals surface area contributed by atoms with Crippen molar-refractivity contribution in [1.29, 1.82) is 5.26 Å². The average Bonchev–Trinajstić information content (AvgIpc) is 2.97. The SMILES string of the molecule is CC(C)(CCC#N)CNc1ccccc1-n1cncn1. The number of rotatable bonds is 6. The Morgan fingerprint density at radius 1 is 1.35 bits per heavy atom. The van der Waals surface area contributed by atoms with E-state index in [0.29, 0.717) is 6.42 Å². The van der Waals surface area contributed by atoms with E-state index in [1.807, 2.05) is 24.3 Å². The zero-order valence-corrected chi connectivity index (χ0v) is 11.9. The van der Waals surface area contributed by atoms with E-state index in [1.54, 1.807) is 11.0 Å². The fraction of sp³-hybridized carbons (Fsp3) is 0.400. The highest BCUT2D eigenvalue weighted by atomic mass is 15.3. The zero-order chi connectivity index (χ0) is 14.4. The van der Waals surface area contributed by atoms with Crippen LogP contribution in [0.4, 0.5) is 5.69 Å². The molecule has 0 saturated carbocycles. The van der Waals surface area contributed by atoms with Gasteiger partial charge in [-0.1, -0.05) is 26.0 Å². The van der Waals surface area contributed by atoms with Crippen molar-refractivity contribution in [3.63, 3.8) is 0 Å². The van der Waals surface area contributed by atoms with Crippen LogP contribution in [0.2, 0.25) is 0 Å². The summed E-state index contributed by atoms with van der Waals surface area (Å²) in [4.78, 5) is 3.98. The van der Waals surface area contributed by atoms with Gasteiger partial charge in [-0.25, -0.2) is 9.67 Å². The number of nitrogens with zero attached hydrogens (tertiary/aromatic N) is 4. The quantitative estimate of drug-likeness (QED) is 0.875. The first kappa shape index (κ1) is 14.1. The molecule has 20 heavy (non-hydrogen) atoms. The van der Waals surface area contributed by atoms with Crippen molar-refractivity contribution in [2.75, 3.05) is 11.9 Å². The van der Waals surface area contributed by atoms with Crippen LogP contribution >= 0.6 is 0 Å². The van der Waals surface area contributed by atoms with E-state index in [0.717, 1.165) is 24.3 Å². The van der Waals surface area contributed by atoms with E-state index in [4.69, 9.17) is 5.26 Å². The van der Waals surface area contributed by atoms with Crippen LogP contribution in [0.15, 0.2) is 36.9 Å². The van der Waals surface area contributed by atoms with Crippen molar-refractivity contribution in [3.05, 3.63) is 36.9 Å². The van der Waals surface area contributed by atoms with Crippen molar-refractivity contribution < 1.29 is 0 Å². The first-order valence-electron chi connectivity index (χ1n) is 6.67. The Bertz CT molecular complexity index is 581. The molecule has 0 aliphatic rings. The molecule has 104 valence electrons. The van der Waals surface area contributed by atoms with E-state index in [-0.39, 0.29) is 5.41 Å². The van der Waals surface area contributed by atoms with Gasteiger partial charge in [-0.3, -0.25) is 0 Å². The first-order valence-corrected chi connectivity index (χ1v) is 6.67. The van der Waals surface area contributed by atoms with Gasteiger partial charge in [0.05, 0.1) is 17.4 Å². The van der Waals surface area contributed by atoms with E-state index in [1.165, 1.54) is 6.33 Å². The van der Waals surface area contributed by atoms with Crippen LogP contribution in [0.25, 0.3) is 5.69 Å². The third-order valence-electron chi connectivity index (χ3n) is 3.24. The molecule has 1 aromatic heterocycles. The van der Waals surface area contributed by atoms with Gasteiger partial charge in [0, 0.05) is 13.0 Å². The fourth-order valence-electron chi connectivity index (χ4n) is 1.97. The molecule has 0 amide bonds. The summed E-state index contributed by atoms with van der Waals surface area (Å²) >= 11 is 0. The molecule has 1 N–H and O–H groups in total. The summed E-state index contributed by atoms with van der Waals surface area (Å²) in [6.45, 7) is 5.13. The molecule has 0 saturated heterocycles. The van der Waals surface area contributed by atoms with E-state index < -0.39 is 0 Å². The first-order chi connectivity index (χ1) is 9.62. The van der Waals surface area contributed by atoms with Gasteiger partial charge in [0.25, 0.3) is 0 Å². The van der Waals surface area contributed by atoms with Crippen LogP contribution in [-0.2, 0) is 0 Å². The lowest BCUT2D eigenvalue weighted by atomic mass is 9.88. The van der Waals surface area contributed by atoms with Crippen molar-refractivity contribution in [2.45, 2.75) is 26.7 Å². The topological polar surface area (TPSA) is 66.5 Å². The zero-order valence-electron chi connectivity index (χ0n) is 11.9. The number of aromatic nitrogens is 3. The van der Waals surface area contributed by atoms with Crippen LogP contribution in [0.1, 0.15) is 26.7 Å². The normalized spacial score (nSPS) is 11.1. The average molecular weight is 269 g/mol. The minimum absolute atomic E-state index is 0.0746. The van der Waals surface area contributed by atoms with E-state index >= 15 is 0 Å². The van der Waals surface area contributed by atoms with Crippen molar-refractivity contribution >= 4 is 5.69 Å². The number of nitrogens with one attached hydrogen (secondary N) is 1. The van der Waals surface area contributed by atoms with Gasteiger partial charge >= 0.3 is 0 Å². The van der Waals surface area contributed by atoms with Gasteiger partial charge in [0.2, 0.25) is 0 Å². The second kappa shape index (κ2) is 6.20. The second-order valence-electron chi connectivity index (χ2n) is 5.53. The highest BCUT2D eigenvalue weighted by molar-refractivity contribution is 5.60. The van der Waals surface area contributed by atoms with Gasteiger partial charge in [0.15, 0.2) is 0 Å². The molecule has 0 aliphatic heterocycles. The van der Waals surface area contributed by atoms with Crippen molar-refractivity contribution in [2.24, 2.45) is 5.41 Å². The maximum Gasteiger partial charge on any atom is 0.138 e. The summed E-state index contributed by atoms with van der Waals surface area (Å²) in [5.74, 6) is 0. The Labute approximate surface area is 119 Å². The lowest BCUT2D eigenvalue weighted by Crippen LogP contribution is -2.23. The lowest BCUT2D eigenvalue weighted by Gasteiger charge is -2.25. The summed E-state index contributed by atoms with van der Waals surface area (Å²) < 4.78 is 1.74. The van der Waals surface area contributed by atoms with Crippen LogP contribution < -0.4 is 5.32 Å². The molecular formula is C15H19N5. The number of benzene rings is 1. The molecule has 0 unspecified atom stereocenters. The molecular weight excluding hydrogens is 250 g/mol. The highest BCUT2D eigenvalue weighted by Gasteiger charge is 2.17. The van der Waals surface area contributed by atoms with Gasteiger partial charge in [-0.05, 0) is 24.0 Å². The van der Waals surface area contributed by atoms with Crippen LogP contribution in [0.3, 0.4) is 0 Å². The van der Waals surface area contributed by atoms with Gasteiger partial charge in [-0.15, -0.1) is 0 Å². The summed E-state index contributed by atoms with van der Waals surface area (Å²) in [5, 5.41) is 16.3. The third-order valence-corrected chi connectivity index (χ3v) is 3.24. The van der Waals surface area contributed by atoms with Crippen molar-refractivity contribution in [3.8, 4) is 11.8 Å². The second-order valence-corrected chi connectivity index (χ2v) is 5.53. The van der Waals surface area contributed by atoms with Crippen LogP contribution in [0, 0.1) is 16.7 Å². The minimum Gasteiger partial charge on any atom is -0.383 e. The van der Waals surface area contributed by atoms with Gasteiger partial charge in [0.1, 0.15) is 12.7 Å². The maximum absolute atomic E-state index is 8.70. The smallest absolute Gasteiger partial charge is 0.138 e. The molecule has 1 heterocycles. The molecule has 5 nitrogen and oxygen atoms in total. The predicted octanol–water partition coefficient (Wildman–Crippen LogP) is 3.01. The Morgan fingerprint density at radius 3 is 2.85 bits per heavy atom. The van der Waals surface area contributed by atoms with Crippen LogP contribution in [-0.4, -0.2) is 21.3 Å². The summed E-state index contributed by atoms with van der Waals surface area (Å²) in [5.41, 5.74) is 2.06. The molecule has 0 bridgehead atoms. The molecule has 0 spiro atoms. The fourth-order valence-corrected chi connectivity index (χ4v) is 1.97. The molecule has 5 heteroatoms. The van der Waals surface area contributed by atoms with Gasteiger partial charge < -0.3 is 5.32 Å². The standard InChI is InChI=1S/C15H19N5/c1-15(2,8-5-9-16)10-18-13-6-3-4-7-14(13)20-12-17-11-19-20/h3-4,6-7,11-12,18H,5,8,10H2,1-2H3. The Morgan fingerprint density at radius 2 is 2.15 bits per heavy atom. The van der Waals surface area contributed by atoms with E-state index in [9.17, 15) is 0 Å². The number of hydrogen-bond acceptors (Lipinski definition) is 4. The number of nitriles is 1. The summed E-state index contributed by atoms with van der Waals surface area (Å²) in [6.07, 6.45) is 4.66. The molecule has 2 rings (SSSR count). The molecule has 2 aromatic rings. The number of hydrogen-bond donors (Lipinski definition) is 1. The minimum atomic E-state index is 0.0746. The predicted molar refractivity (Wildman–Crippen MR) is 78.5 cm³/mol. The number of anilines is 1. The maximum atomic E-state index is 8.70. The Kier molecular flexibility index (Phi) is 4.36. The lowest BCUT2D eigenvalue weighted by molar-refractivity contribution is 0.364. The van der Waals surface area contributed by atoms with Gasteiger partial charge in [-0.2, -0.15) is 10.4 Å². The van der Waals surface area contributed by atoms with E-state index in [2.05, 4.69) is 35.3 Å². The molecule has 0 radical (unpaired) electrons. The highest BCUT2D eigenvalue weighted by Crippen LogP contribution is 2.25. The Balaban J connectivity index is 2.09. The molecule has 0 aliphatic carbocycles. The molecule has 0 atom stereocenters.